The first-order chi connectivity index (χ1) is 10.2. The Hall–Kier alpha value is -2.34. The molecule has 5 nitrogen and oxygen atoms in total. The molecule has 2 heterocycles. The average Bonchev–Trinajstić information content (AvgIpc) is 2.96. The van der Waals surface area contributed by atoms with Gasteiger partial charge in [-0.15, -0.1) is 11.3 Å². The van der Waals surface area contributed by atoms with E-state index >= 15 is 0 Å². The maximum absolute atomic E-state index is 11.9. The summed E-state index contributed by atoms with van der Waals surface area (Å²) in [4.78, 5) is 19.2. The molecule has 2 aromatic heterocycles. The second-order valence-corrected chi connectivity index (χ2v) is 5.43. The average molecular weight is 302 g/mol. The van der Waals surface area contributed by atoms with Gasteiger partial charge in [0.25, 0.3) is 5.56 Å². The van der Waals surface area contributed by atoms with Gasteiger partial charge in [-0.1, -0.05) is 6.07 Å². The van der Waals surface area contributed by atoms with Crippen LogP contribution >= 0.6 is 11.3 Å². The van der Waals surface area contributed by atoms with Crippen molar-refractivity contribution in [1.82, 2.24) is 9.97 Å². The summed E-state index contributed by atoms with van der Waals surface area (Å²) in [5.41, 5.74) is 1.63. The molecule has 0 unspecified atom stereocenters. The van der Waals surface area contributed by atoms with Crippen molar-refractivity contribution < 1.29 is 9.47 Å². The van der Waals surface area contributed by atoms with Crippen LogP contribution in [0.1, 0.15) is 11.4 Å². The maximum Gasteiger partial charge on any atom is 0.268 e. The van der Waals surface area contributed by atoms with E-state index < -0.39 is 0 Å². The molecule has 0 atom stereocenters. The number of ether oxygens (including phenoxy) is 2. The van der Waals surface area contributed by atoms with Gasteiger partial charge in [-0.2, -0.15) is 0 Å². The van der Waals surface area contributed by atoms with Crippen molar-refractivity contribution in [3.63, 3.8) is 0 Å². The summed E-state index contributed by atoms with van der Waals surface area (Å²) in [6.45, 7) is 0. The number of H-pyrrole nitrogens is 1. The number of hydrogen-bond donors (Lipinski definition) is 1. The van der Waals surface area contributed by atoms with E-state index in [-0.39, 0.29) is 5.56 Å². The van der Waals surface area contributed by atoms with Gasteiger partial charge in [0.05, 0.1) is 19.7 Å². The first-order valence-corrected chi connectivity index (χ1v) is 7.26. The van der Waals surface area contributed by atoms with Crippen molar-refractivity contribution >= 4 is 21.6 Å². The normalized spacial score (nSPS) is 10.8. The highest BCUT2D eigenvalue weighted by Gasteiger charge is 2.08. The van der Waals surface area contributed by atoms with Crippen LogP contribution in [0.2, 0.25) is 0 Å². The van der Waals surface area contributed by atoms with E-state index in [1.54, 1.807) is 14.2 Å². The Balaban J connectivity index is 1.96. The van der Waals surface area contributed by atoms with Crippen molar-refractivity contribution in [1.29, 1.82) is 0 Å². The van der Waals surface area contributed by atoms with E-state index in [1.807, 2.05) is 29.6 Å². The molecular formula is C15H14N2O3S. The van der Waals surface area contributed by atoms with Crippen molar-refractivity contribution in [3.8, 4) is 11.5 Å². The van der Waals surface area contributed by atoms with Crippen LogP contribution in [0.3, 0.4) is 0 Å². The summed E-state index contributed by atoms with van der Waals surface area (Å²) < 4.78 is 11.1. The minimum Gasteiger partial charge on any atom is -0.493 e. The van der Waals surface area contributed by atoms with Crippen LogP contribution in [0.15, 0.2) is 34.4 Å². The maximum atomic E-state index is 11.9. The number of methoxy groups -OCH3 is 2. The smallest absolute Gasteiger partial charge is 0.268 e. The second-order valence-electron chi connectivity index (χ2n) is 4.51. The zero-order valence-electron chi connectivity index (χ0n) is 11.7. The van der Waals surface area contributed by atoms with Gasteiger partial charge in [0.15, 0.2) is 11.5 Å². The standard InChI is InChI=1S/C15H14N2O3S/c1-19-11-4-3-9(7-12(11)20-2)8-13-16-10-5-6-21-14(10)15(18)17-13/h3-7H,8H2,1-2H3,(H,16,17,18). The van der Waals surface area contributed by atoms with Gasteiger partial charge >= 0.3 is 0 Å². The Morgan fingerprint density at radius 1 is 1.19 bits per heavy atom. The zero-order valence-corrected chi connectivity index (χ0v) is 12.5. The van der Waals surface area contributed by atoms with Crippen LogP contribution in [-0.4, -0.2) is 24.2 Å². The molecule has 0 aliphatic rings. The lowest BCUT2D eigenvalue weighted by Gasteiger charge is -2.09. The topological polar surface area (TPSA) is 64.2 Å². The molecule has 3 aromatic rings. The van der Waals surface area contributed by atoms with Gasteiger partial charge in [0.2, 0.25) is 0 Å². The monoisotopic (exact) mass is 302 g/mol. The molecule has 21 heavy (non-hydrogen) atoms. The first kappa shape index (κ1) is 13.6. The Labute approximate surface area is 125 Å². The number of aromatic amines is 1. The van der Waals surface area contributed by atoms with E-state index in [0.717, 1.165) is 11.1 Å². The van der Waals surface area contributed by atoms with Gasteiger partial charge in [0, 0.05) is 6.42 Å². The molecule has 0 radical (unpaired) electrons. The van der Waals surface area contributed by atoms with Crippen molar-refractivity contribution in [3.05, 3.63) is 51.4 Å². The lowest BCUT2D eigenvalue weighted by Crippen LogP contribution is -2.10. The van der Waals surface area contributed by atoms with E-state index in [4.69, 9.17) is 9.47 Å². The third kappa shape index (κ3) is 2.62. The summed E-state index contributed by atoms with van der Waals surface area (Å²) in [6, 6.07) is 7.51. The van der Waals surface area contributed by atoms with Gasteiger partial charge in [-0.3, -0.25) is 4.79 Å². The largest absolute Gasteiger partial charge is 0.493 e. The van der Waals surface area contributed by atoms with E-state index in [9.17, 15) is 4.79 Å². The lowest BCUT2D eigenvalue weighted by molar-refractivity contribution is 0.354. The number of nitrogens with zero attached hydrogens (tertiary/aromatic N) is 1. The van der Waals surface area contributed by atoms with E-state index in [2.05, 4.69) is 9.97 Å². The van der Waals surface area contributed by atoms with Gasteiger partial charge in [0.1, 0.15) is 10.5 Å². The van der Waals surface area contributed by atoms with Crippen molar-refractivity contribution in [2.24, 2.45) is 0 Å². The molecule has 0 amide bonds. The Bertz CT molecular complexity index is 838. The number of rotatable bonds is 4. The highest BCUT2D eigenvalue weighted by Crippen LogP contribution is 2.28. The summed E-state index contributed by atoms with van der Waals surface area (Å²) in [5, 5.41) is 1.87. The van der Waals surface area contributed by atoms with Crippen LogP contribution in [0.25, 0.3) is 10.2 Å². The summed E-state index contributed by atoms with van der Waals surface area (Å²) >= 11 is 1.40. The van der Waals surface area contributed by atoms with Gasteiger partial charge in [-0.25, -0.2) is 4.98 Å². The van der Waals surface area contributed by atoms with Gasteiger partial charge < -0.3 is 14.5 Å². The quantitative estimate of drug-likeness (QED) is 0.804. The minimum atomic E-state index is -0.0922. The zero-order chi connectivity index (χ0) is 14.8. The molecule has 0 saturated heterocycles. The molecule has 0 aliphatic carbocycles. The Morgan fingerprint density at radius 3 is 2.76 bits per heavy atom. The summed E-state index contributed by atoms with van der Waals surface area (Å²) in [7, 11) is 3.19. The molecule has 0 saturated carbocycles. The molecule has 3 rings (SSSR count). The van der Waals surface area contributed by atoms with Crippen LogP contribution in [0.4, 0.5) is 0 Å². The van der Waals surface area contributed by atoms with Crippen molar-refractivity contribution in [2.75, 3.05) is 14.2 Å². The lowest BCUT2D eigenvalue weighted by atomic mass is 10.1. The third-order valence-corrected chi connectivity index (χ3v) is 4.09. The third-order valence-electron chi connectivity index (χ3n) is 3.18. The van der Waals surface area contributed by atoms with Crippen molar-refractivity contribution in [2.45, 2.75) is 6.42 Å². The number of fused-ring (bicyclic) bond motifs is 1. The Kier molecular flexibility index (Phi) is 3.62. The van der Waals surface area contributed by atoms with Gasteiger partial charge in [-0.05, 0) is 29.1 Å². The summed E-state index contributed by atoms with van der Waals surface area (Å²) in [5.74, 6) is 1.98. The minimum absolute atomic E-state index is 0.0922. The predicted molar refractivity (Wildman–Crippen MR) is 82.6 cm³/mol. The second kappa shape index (κ2) is 5.57. The van der Waals surface area contributed by atoms with E-state index in [1.165, 1.54) is 11.3 Å². The molecule has 0 bridgehead atoms. The Morgan fingerprint density at radius 2 is 2.00 bits per heavy atom. The molecule has 1 aromatic carbocycles. The van der Waals surface area contributed by atoms with E-state index in [0.29, 0.717) is 28.4 Å². The predicted octanol–water partition coefficient (Wildman–Crippen LogP) is 2.59. The number of benzene rings is 1. The fraction of sp³-hybridized carbons (Fsp3) is 0.200. The number of aromatic nitrogens is 2. The molecule has 6 heteroatoms. The molecular weight excluding hydrogens is 288 g/mol. The molecule has 0 aliphatic heterocycles. The molecule has 0 spiro atoms. The highest BCUT2D eigenvalue weighted by atomic mass is 32.1. The SMILES string of the molecule is COc1ccc(Cc2nc3ccsc3c(=O)[nH]2)cc1OC. The summed E-state index contributed by atoms with van der Waals surface area (Å²) in [6.07, 6.45) is 0.529. The fourth-order valence-corrected chi connectivity index (χ4v) is 2.91. The van der Waals surface area contributed by atoms with Crippen LogP contribution in [-0.2, 0) is 6.42 Å². The molecule has 1 N–H and O–H groups in total. The van der Waals surface area contributed by atoms with Crippen LogP contribution in [0.5, 0.6) is 11.5 Å². The number of thiophene rings is 1. The van der Waals surface area contributed by atoms with Crippen LogP contribution in [0, 0.1) is 0 Å². The highest BCUT2D eigenvalue weighted by molar-refractivity contribution is 7.17. The fourth-order valence-electron chi connectivity index (χ4n) is 2.19. The first-order valence-electron chi connectivity index (χ1n) is 6.38. The molecule has 108 valence electrons. The number of nitrogens with one attached hydrogen (secondary N) is 1. The number of hydrogen-bond acceptors (Lipinski definition) is 5. The van der Waals surface area contributed by atoms with Crippen LogP contribution < -0.4 is 15.0 Å². The molecule has 0 fully saturated rings.